The Morgan fingerprint density at radius 2 is 2.14 bits per heavy atom. The molecule has 13 nitrogen and oxygen atoms in total. The van der Waals surface area contributed by atoms with E-state index in [0.29, 0.717) is 11.3 Å². The number of thioether (sulfide) groups is 1. The lowest BCUT2D eigenvalue weighted by Gasteiger charge is -2.49. The van der Waals surface area contributed by atoms with Crippen LogP contribution in [0.5, 0.6) is 0 Å². The van der Waals surface area contributed by atoms with E-state index in [4.69, 9.17) is 20.0 Å². The van der Waals surface area contributed by atoms with Crippen molar-refractivity contribution in [2.24, 2.45) is 5.16 Å². The molecule has 3 atom stereocenters. The highest BCUT2D eigenvalue weighted by Crippen LogP contribution is 2.41. The largest absolute Gasteiger partial charge is 0.511 e. The predicted molar refractivity (Wildman–Crippen MR) is 135 cm³/mol. The second-order valence-corrected chi connectivity index (χ2v) is 9.30. The molecule has 1 fully saturated rings. The minimum atomic E-state index is -1.27. The van der Waals surface area contributed by atoms with Crippen LogP contribution in [0.4, 0.5) is 9.93 Å². The van der Waals surface area contributed by atoms with Gasteiger partial charge in [0, 0.05) is 18.1 Å². The minimum Gasteiger partial charge on any atom is -0.435 e. The predicted octanol–water partition coefficient (Wildman–Crippen LogP) is 1.53. The monoisotopic (exact) mass is 551 g/mol. The van der Waals surface area contributed by atoms with Crippen LogP contribution >= 0.6 is 23.1 Å². The van der Waals surface area contributed by atoms with Crippen molar-refractivity contribution in [1.82, 2.24) is 15.2 Å². The molecule has 198 valence electrons. The molecule has 1 aromatic heterocycles. The van der Waals surface area contributed by atoms with Crippen molar-refractivity contribution in [1.29, 1.82) is 0 Å². The third-order valence-electron chi connectivity index (χ3n) is 4.85. The van der Waals surface area contributed by atoms with Gasteiger partial charge in [0.05, 0.1) is 6.61 Å². The summed E-state index contributed by atoms with van der Waals surface area (Å²) in [7, 11) is 0. The molecule has 37 heavy (non-hydrogen) atoms. The minimum absolute atomic E-state index is 0.0455. The van der Waals surface area contributed by atoms with Crippen molar-refractivity contribution >= 4 is 57.9 Å². The summed E-state index contributed by atoms with van der Waals surface area (Å²) in [5.74, 6) is -1.85. The molecule has 2 aliphatic heterocycles. The number of aromatic nitrogens is 1. The summed E-state index contributed by atoms with van der Waals surface area (Å²) < 4.78 is 14.7. The topological polar surface area (TPSA) is 172 Å². The summed E-state index contributed by atoms with van der Waals surface area (Å²) in [5.41, 5.74) is 6.08. The van der Waals surface area contributed by atoms with E-state index in [2.05, 4.69) is 33.4 Å². The van der Waals surface area contributed by atoms with Crippen LogP contribution in [0.3, 0.4) is 0 Å². The van der Waals surface area contributed by atoms with E-state index in [0.717, 1.165) is 11.3 Å². The van der Waals surface area contributed by atoms with Gasteiger partial charge in [-0.1, -0.05) is 30.5 Å². The number of nitrogens with two attached hydrogens (primary N) is 1. The number of esters is 1. The Balaban J connectivity index is 1.74. The summed E-state index contributed by atoms with van der Waals surface area (Å²) in [4.78, 5) is 60.8. The summed E-state index contributed by atoms with van der Waals surface area (Å²) in [6.07, 6.45) is 0.606. The van der Waals surface area contributed by atoms with Crippen LogP contribution in [0.15, 0.2) is 47.1 Å². The van der Waals surface area contributed by atoms with Crippen molar-refractivity contribution in [2.45, 2.75) is 31.6 Å². The van der Waals surface area contributed by atoms with E-state index in [1.807, 2.05) is 0 Å². The number of rotatable bonds is 11. The number of fused-ring (bicyclic) bond motifs is 1. The molecule has 0 spiro atoms. The van der Waals surface area contributed by atoms with Gasteiger partial charge in [-0.05, 0) is 12.5 Å². The van der Waals surface area contributed by atoms with Crippen molar-refractivity contribution in [3.63, 3.8) is 0 Å². The first-order valence-corrected chi connectivity index (χ1v) is 12.8. The molecular formula is C22H25N5O8S2. The number of carbonyl (C=O) groups is 4. The molecule has 0 saturated carbocycles. The molecule has 2 unspecified atom stereocenters. The van der Waals surface area contributed by atoms with Gasteiger partial charge >= 0.3 is 12.1 Å². The number of amides is 2. The SMILES string of the molecule is C=CCON=C(C(=O)NC1C(=O)N2C(C(=O)OC(C)OC(=O)OCC)=C(C=C)CS[C@H]12)c1csc(N)n1. The number of nitrogens with one attached hydrogen (secondary N) is 1. The van der Waals surface area contributed by atoms with Crippen molar-refractivity contribution in [3.8, 4) is 0 Å². The molecule has 0 aromatic carbocycles. The van der Waals surface area contributed by atoms with Gasteiger partial charge in [0.1, 0.15) is 29.4 Å². The lowest BCUT2D eigenvalue weighted by molar-refractivity contribution is -0.168. The van der Waals surface area contributed by atoms with Crippen molar-refractivity contribution in [3.05, 3.63) is 47.7 Å². The summed E-state index contributed by atoms with van der Waals surface area (Å²) in [6.45, 7) is 10.3. The quantitative estimate of drug-likeness (QED) is 0.0777. The van der Waals surface area contributed by atoms with Crippen LogP contribution < -0.4 is 11.1 Å². The smallest absolute Gasteiger partial charge is 0.435 e. The normalized spacial score (nSPS) is 19.7. The van der Waals surface area contributed by atoms with Crippen LogP contribution in [0, 0.1) is 0 Å². The zero-order valence-electron chi connectivity index (χ0n) is 20.0. The summed E-state index contributed by atoms with van der Waals surface area (Å²) >= 11 is 2.43. The standard InChI is InChI=1S/C22H25N5O8S2/c1-5-8-33-26-14(13-10-37-21(23)24-13)17(28)25-15-18(29)27-16(12(6-2)9-36-19(15)27)20(30)34-11(4)35-22(31)32-7-3/h5-6,10-11,15,19H,1-2,7-9H2,3-4H3,(H2,23,24)(H,25,28)/t11?,15?,19-/m1/s1. The number of β-lactam (4-membered cyclic amide) rings is 1. The van der Waals surface area contributed by atoms with Gasteiger partial charge in [0.25, 0.3) is 11.8 Å². The molecule has 0 radical (unpaired) electrons. The Morgan fingerprint density at radius 1 is 1.38 bits per heavy atom. The summed E-state index contributed by atoms with van der Waals surface area (Å²) in [6, 6.07) is -0.972. The highest BCUT2D eigenvalue weighted by Gasteiger charge is 2.54. The number of nitrogen functional groups attached to an aromatic ring is 1. The number of thiazole rings is 1. The Hall–Kier alpha value is -3.85. The maximum absolute atomic E-state index is 13.1. The molecule has 1 aromatic rings. The fraction of sp³-hybridized carbons (Fsp3) is 0.364. The lowest BCUT2D eigenvalue weighted by atomic mass is 10.0. The molecule has 0 aliphatic carbocycles. The number of anilines is 1. The number of ether oxygens (including phenoxy) is 3. The second-order valence-electron chi connectivity index (χ2n) is 7.31. The van der Waals surface area contributed by atoms with Crippen molar-refractivity contribution in [2.75, 3.05) is 24.7 Å². The number of hydrogen-bond acceptors (Lipinski definition) is 13. The molecule has 3 rings (SSSR count). The second kappa shape index (κ2) is 12.4. The van der Waals surface area contributed by atoms with Gasteiger partial charge < -0.3 is 30.1 Å². The Bertz CT molecular complexity index is 1160. The van der Waals surface area contributed by atoms with E-state index in [1.165, 1.54) is 41.1 Å². The van der Waals surface area contributed by atoms with Gasteiger partial charge in [-0.25, -0.2) is 14.6 Å². The lowest BCUT2D eigenvalue weighted by Crippen LogP contribution is -2.71. The summed E-state index contributed by atoms with van der Waals surface area (Å²) in [5, 5.41) is 7.58. The number of carbonyl (C=O) groups excluding carboxylic acids is 4. The number of allylic oxidation sites excluding steroid dienone is 1. The highest BCUT2D eigenvalue weighted by atomic mass is 32.2. The van der Waals surface area contributed by atoms with Gasteiger partial charge in [-0.2, -0.15) is 0 Å². The van der Waals surface area contributed by atoms with Crippen LogP contribution in [0.25, 0.3) is 0 Å². The zero-order chi connectivity index (χ0) is 27.1. The zero-order valence-corrected chi connectivity index (χ0v) is 21.6. The maximum Gasteiger partial charge on any atom is 0.511 e. The Labute approximate surface area is 220 Å². The van der Waals surface area contributed by atoms with Crippen molar-refractivity contribution < 1.29 is 38.2 Å². The number of nitrogens with zero attached hydrogens (tertiary/aromatic N) is 3. The first kappa shape index (κ1) is 27.7. The third-order valence-corrected chi connectivity index (χ3v) is 6.83. The Kier molecular flexibility index (Phi) is 9.30. The molecule has 2 aliphatic rings. The first-order valence-electron chi connectivity index (χ1n) is 10.9. The van der Waals surface area contributed by atoms with E-state index in [1.54, 1.807) is 6.92 Å². The van der Waals surface area contributed by atoms with Crippen LogP contribution in [0.1, 0.15) is 19.5 Å². The molecule has 1 saturated heterocycles. The molecule has 0 bridgehead atoms. The van der Waals surface area contributed by atoms with Gasteiger partial charge in [0.15, 0.2) is 10.8 Å². The molecule has 3 heterocycles. The third kappa shape index (κ3) is 6.29. The molecule has 15 heteroatoms. The van der Waals surface area contributed by atoms with E-state index in [9.17, 15) is 19.2 Å². The molecule has 3 N–H and O–H groups in total. The van der Waals surface area contributed by atoms with Gasteiger partial charge in [-0.15, -0.1) is 23.1 Å². The van der Waals surface area contributed by atoms with Crippen LogP contribution in [-0.2, 0) is 33.4 Å². The van der Waals surface area contributed by atoms with E-state index >= 15 is 0 Å². The molecule has 2 amide bonds. The highest BCUT2D eigenvalue weighted by molar-refractivity contribution is 8.00. The van der Waals surface area contributed by atoms with Gasteiger partial charge in [0.2, 0.25) is 6.29 Å². The molecular weight excluding hydrogens is 526 g/mol. The number of hydrogen-bond donors (Lipinski definition) is 2. The fourth-order valence-electron chi connectivity index (χ4n) is 3.27. The van der Waals surface area contributed by atoms with E-state index in [-0.39, 0.29) is 35.4 Å². The maximum atomic E-state index is 13.1. The van der Waals surface area contributed by atoms with Crippen LogP contribution in [-0.4, -0.2) is 76.2 Å². The average molecular weight is 552 g/mol. The Morgan fingerprint density at radius 3 is 2.76 bits per heavy atom. The van der Waals surface area contributed by atoms with Crippen LogP contribution in [0.2, 0.25) is 0 Å². The fourth-order valence-corrected chi connectivity index (χ4v) is 5.16. The first-order chi connectivity index (χ1) is 17.7. The number of oxime groups is 1. The van der Waals surface area contributed by atoms with E-state index < -0.39 is 41.6 Å². The average Bonchev–Trinajstić information content (AvgIpc) is 3.29. The van der Waals surface area contributed by atoms with Gasteiger partial charge in [-0.3, -0.25) is 14.5 Å².